The van der Waals surface area contributed by atoms with Crippen LogP contribution in [0, 0.1) is 0 Å². The molecule has 3 unspecified atom stereocenters. The Morgan fingerprint density at radius 1 is 1.21 bits per heavy atom. The molecule has 1 fully saturated rings. The Balaban J connectivity index is 1.77. The second-order valence-corrected chi connectivity index (χ2v) is 7.55. The van der Waals surface area contributed by atoms with Gasteiger partial charge in [-0.25, -0.2) is 0 Å². The third-order valence-corrected chi connectivity index (χ3v) is 5.39. The smallest absolute Gasteiger partial charge is 0.106 e. The highest BCUT2D eigenvalue weighted by Crippen LogP contribution is 2.33. The van der Waals surface area contributed by atoms with E-state index < -0.39 is 6.10 Å². The van der Waals surface area contributed by atoms with Crippen LogP contribution in [0.3, 0.4) is 0 Å². The fraction of sp³-hybridized carbons (Fsp3) is 0.409. The van der Waals surface area contributed by atoms with Gasteiger partial charge in [-0.2, -0.15) is 0 Å². The van der Waals surface area contributed by atoms with Crippen molar-refractivity contribution in [3.8, 4) is 0 Å². The third kappa shape index (κ3) is 5.11. The van der Waals surface area contributed by atoms with E-state index in [0.29, 0.717) is 24.3 Å². The zero-order valence-corrected chi connectivity index (χ0v) is 16.9. The van der Waals surface area contributed by atoms with Gasteiger partial charge in [0.1, 0.15) is 7.11 Å². The van der Waals surface area contributed by atoms with Crippen molar-refractivity contribution in [3.63, 3.8) is 0 Å². The SMILES string of the molecule is CO/N=C(\C)c1ccc(Cc2cc(C3CC(O)CC(CO)O3)ccc2Cl)cc1. The maximum absolute atomic E-state index is 10.1. The average Bonchev–Trinajstić information content (AvgIpc) is 2.70. The molecule has 0 aliphatic carbocycles. The number of rotatable bonds is 6. The zero-order valence-electron chi connectivity index (χ0n) is 16.1. The van der Waals surface area contributed by atoms with Gasteiger partial charge in [-0.1, -0.05) is 53.2 Å². The highest BCUT2D eigenvalue weighted by molar-refractivity contribution is 6.31. The van der Waals surface area contributed by atoms with E-state index in [1.807, 2.05) is 37.3 Å². The molecule has 0 amide bonds. The van der Waals surface area contributed by atoms with Crippen LogP contribution in [0.25, 0.3) is 0 Å². The molecule has 2 N–H and O–H groups in total. The van der Waals surface area contributed by atoms with Crippen molar-refractivity contribution in [1.29, 1.82) is 0 Å². The summed E-state index contributed by atoms with van der Waals surface area (Å²) in [5.74, 6) is 0. The van der Waals surface area contributed by atoms with Crippen molar-refractivity contribution < 1.29 is 19.8 Å². The largest absolute Gasteiger partial charge is 0.399 e. The van der Waals surface area contributed by atoms with Gasteiger partial charge in [0.2, 0.25) is 0 Å². The molecule has 0 bridgehead atoms. The second kappa shape index (κ2) is 9.52. The lowest BCUT2D eigenvalue weighted by molar-refractivity contribution is -0.113. The molecule has 5 nitrogen and oxygen atoms in total. The van der Waals surface area contributed by atoms with Crippen LogP contribution in [-0.2, 0) is 16.0 Å². The molecule has 28 heavy (non-hydrogen) atoms. The maximum atomic E-state index is 10.1. The fourth-order valence-electron chi connectivity index (χ4n) is 3.53. The molecular weight excluding hydrogens is 378 g/mol. The third-order valence-electron chi connectivity index (χ3n) is 5.02. The molecule has 1 saturated heterocycles. The van der Waals surface area contributed by atoms with Gasteiger partial charge < -0.3 is 19.8 Å². The summed E-state index contributed by atoms with van der Waals surface area (Å²) in [4.78, 5) is 4.82. The van der Waals surface area contributed by atoms with E-state index in [1.54, 1.807) is 0 Å². The molecule has 0 saturated carbocycles. The van der Waals surface area contributed by atoms with E-state index in [0.717, 1.165) is 28.0 Å². The van der Waals surface area contributed by atoms with E-state index in [2.05, 4.69) is 17.3 Å². The van der Waals surface area contributed by atoms with Crippen LogP contribution in [0.1, 0.15) is 48.1 Å². The summed E-state index contributed by atoms with van der Waals surface area (Å²) < 4.78 is 5.92. The molecule has 150 valence electrons. The quantitative estimate of drug-likeness (QED) is 0.567. The predicted octanol–water partition coefficient (Wildman–Crippen LogP) is 3.87. The van der Waals surface area contributed by atoms with Crippen LogP contribution in [0.5, 0.6) is 0 Å². The van der Waals surface area contributed by atoms with Gasteiger partial charge in [-0.15, -0.1) is 0 Å². The monoisotopic (exact) mass is 403 g/mol. The minimum atomic E-state index is -0.473. The van der Waals surface area contributed by atoms with Crippen LogP contribution >= 0.6 is 11.6 Å². The van der Waals surface area contributed by atoms with E-state index in [4.69, 9.17) is 21.2 Å². The van der Waals surface area contributed by atoms with Crippen molar-refractivity contribution in [1.82, 2.24) is 0 Å². The number of benzene rings is 2. The molecule has 0 aromatic heterocycles. The van der Waals surface area contributed by atoms with Gasteiger partial charge in [-0.05, 0) is 41.7 Å². The summed E-state index contributed by atoms with van der Waals surface area (Å²) in [5.41, 5.74) is 4.92. The Bertz CT molecular complexity index is 822. The molecule has 2 aromatic rings. The summed E-state index contributed by atoms with van der Waals surface area (Å²) in [6.45, 7) is 1.81. The Labute approximate surface area is 170 Å². The van der Waals surface area contributed by atoms with Crippen molar-refractivity contribution in [2.45, 2.75) is 44.5 Å². The first kappa shape index (κ1) is 20.8. The highest BCUT2D eigenvalue weighted by Gasteiger charge is 2.29. The van der Waals surface area contributed by atoms with Crippen LogP contribution in [0.2, 0.25) is 5.02 Å². The van der Waals surface area contributed by atoms with E-state index in [-0.39, 0.29) is 18.8 Å². The molecule has 6 heteroatoms. The van der Waals surface area contributed by atoms with Crippen molar-refractivity contribution >= 4 is 17.3 Å². The molecule has 1 aliphatic rings. The fourth-order valence-corrected chi connectivity index (χ4v) is 3.71. The molecule has 0 radical (unpaired) electrons. The van der Waals surface area contributed by atoms with Crippen LogP contribution in [-0.4, -0.2) is 41.8 Å². The molecule has 2 aromatic carbocycles. The Kier molecular flexibility index (Phi) is 7.08. The average molecular weight is 404 g/mol. The van der Waals surface area contributed by atoms with Gasteiger partial charge in [0.05, 0.1) is 30.6 Å². The lowest BCUT2D eigenvalue weighted by Gasteiger charge is -2.32. The summed E-state index contributed by atoms with van der Waals surface area (Å²) in [6, 6.07) is 14.0. The minimum Gasteiger partial charge on any atom is -0.399 e. The molecule has 1 heterocycles. The van der Waals surface area contributed by atoms with Gasteiger partial charge in [0.15, 0.2) is 0 Å². The molecule has 1 aliphatic heterocycles. The second-order valence-electron chi connectivity index (χ2n) is 7.14. The van der Waals surface area contributed by atoms with Crippen molar-refractivity contribution in [2.75, 3.05) is 13.7 Å². The highest BCUT2D eigenvalue weighted by atomic mass is 35.5. The normalized spacial score (nSPS) is 22.9. The number of aliphatic hydroxyl groups is 2. The summed E-state index contributed by atoms with van der Waals surface area (Å²) in [5, 5.41) is 24.1. The number of ether oxygens (including phenoxy) is 1. The van der Waals surface area contributed by atoms with Crippen LogP contribution in [0.4, 0.5) is 0 Å². The number of hydrogen-bond acceptors (Lipinski definition) is 5. The summed E-state index contributed by atoms with van der Waals surface area (Å²) >= 11 is 6.43. The minimum absolute atomic E-state index is 0.0911. The summed E-state index contributed by atoms with van der Waals surface area (Å²) in [7, 11) is 1.53. The number of aliphatic hydroxyl groups excluding tert-OH is 2. The molecular formula is C22H26ClNO4. The first-order chi connectivity index (χ1) is 13.5. The number of nitrogens with zero attached hydrogens (tertiary/aromatic N) is 1. The van der Waals surface area contributed by atoms with Gasteiger partial charge in [0.25, 0.3) is 0 Å². The Morgan fingerprint density at radius 2 is 1.96 bits per heavy atom. The maximum Gasteiger partial charge on any atom is 0.106 e. The molecule has 3 rings (SSSR count). The van der Waals surface area contributed by atoms with E-state index in [9.17, 15) is 10.2 Å². The lowest BCUT2D eigenvalue weighted by atomic mass is 9.94. The predicted molar refractivity (Wildman–Crippen MR) is 110 cm³/mol. The van der Waals surface area contributed by atoms with E-state index in [1.165, 1.54) is 7.11 Å². The van der Waals surface area contributed by atoms with E-state index >= 15 is 0 Å². The number of halogens is 1. The van der Waals surface area contributed by atoms with Crippen molar-refractivity contribution in [2.24, 2.45) is 5.16 Å². The van der Waals surface area contributed by atoms with Gasteiger partial charge in [0, 0.05) is 17.9 Å². The Hall–Kier alpha value is -1.92. The topological polar surface area (TPSA) is 71.3 Å². The number of hydrogen-bond donors (Lipinski definition) is 2. The lowest BCUT2D eigenvalue weighted by Crippen LogP contribution is -2.33. The first-order valence-corrected chi connectivity index (χ1v) is 9.77. The van der Waals surface area contributed by atoms with Crippen molar-refractivity contribution in [3.05, 3.63) is 69.7 Å². The molecule has 3 atom stereocenters. The molecule has 0 spiro atoms. The zero-order chi connectivity index (χ0) is 20.1. The Morgan fingerprint density at radius 3 is 2.64 bits per heavy atom. The van der Waals surface area contributed by atoms with Crippen LogP contribution in [0.15, 0.2) is 47.6 Å². The van der Waals surface area contributed by atoms with Gasteiger partial charge >= 0.3 is 0 Å². The van der Waals surface area contributed by atoms with Crippen LogP contribution < -0.4 is 0 Å². The summed E-state index contributed by atoms with van der Waals surface area (Å²) in [6.07, 6.45) is 0.617. The van der Waals surface area contributed by atoms with Gasteiger partial charge in [-0.3, -0.25) is 0 Å². The first-order valence-electron chi connectivity index (χ1n) is 9.40. The standard InChI is InChI=1S/C22H26ClNO4/c1-14(24-27-2)16-5-3-15(4-6-16)9-18-10-17(7-8-21(18)23)22-12-19(26)11-20(13-25)28-22/h3-8,10,19-20,22,25-26H,9,11-13H2,1-2H3/b24-14+. The number of oxime groups is 1.